The first kappa shape index (κ1) is 10.8. The van der Waals surface area contributed by atoms with Crippen molar-refractivity contribution in [2.24, 2.45) is 5.92 Å². The molecule has 1 fully saturated rings. The van der Waals surface area contributed by atoms with Gasteiger partial charge >= 0.3 is 0 Å². The highest BCUT2D eigenvalue weighted by atomic mass is 16.2. The fourth-order valence-electron chi connectivity index (χ4n) is 1.58. The molecule has 1 aliphatic heterocycles. The van der Waals surface area contributed by atoms with Crippen LogP contribution in [0, 0.1) is 17.2 Å². The molecule has 0 aromatic carbocycles. The highest BCUT2D eigenvalue weighted by Crippen LogP contribution is 2.12. The van der Waals surface area contributed by atoms with E-state index in [2.05, 4.69) is 0 Å². The minimum absolute atomic E-state index is 0.0984. The molecule has 0 unspecified atom stereocenters. The Morgan fingerprint density at radius 2 is 2.00 bits per heavy atom. The Labute approximate surface area is 85.0 Å². The van der Waals surface area contributed by atoms with Gasteiger partial charge in [0.25, 0.3) is 5.91 Å². The number of rotatable bonds is 2. The van der Waals surface area contributed by atoms with Crippen LogP contribution in [0.3, 0.4) is 0 Å². The van der Waals surface area contributed by atoms with E-state index in [-0.39, 0.29) is 11.8 Å². The lowest BCUT2D eigenvalue weighted by atomic mass is 10.1. The first-order valence-electron chi connectivity index (χ1n) is 5.06. The Balaban J connectivity index is 2.70. The van der Waals surface area contributed by atoms with Crippen LogP contribution in [-0.4, -0.2) is 23.9 Å². The number of amides is 1. The van der Waals surface area contributed by atoms with Gasteiger partial charge in [0, 0.05) is 13.1 Å². The molecule has 0 aromatic rings. The molecule has 0 N–H and O–H groups in total. The Morgan fingerprint density at radius 1 is 1.43 bits per heavy atom. The normalized spacial score (nSPS) is 17.3. The van der Waals surface area contributed by atoms with Crippen LogP contribution in [0.15, 0.2) is 11.6 Å². The second-order valence-electron chi connectivity index (χ2n) is 3.94. The molecule has 1 amide bonds. The second kappa shape index (κ2) is 4.80. The molecule has 0 atom stereocenters. The lowest BCUT2D eigenvalue weighted by Crippen LogP contribution is -2.28. The summed E-state index contributed by atoms with van der Waals surface area (Å²) in [6.07, 6.45) is 3.86. The zero-order valence-electron chi connectivity index (χ0n) is 8.79. The third-order valence-corrected chi connectivity index (χ3v) is 2.24. The lowest BCUT2D eigenvalue weighted by Gasteiger charge is -2.14. The molecule has 1 rings (SSSR count). The SMILES string of the molecule is CC(C)/C=C(\C#N)C(=O)N1CCCC1. The largest absolute Gasteiger partial charge is 0.338 e. The predicted octanol–water partition coefficient (Wildman–Crippen LogP) is 1.71. The Morgan fingerprint density at radius 3 is 2.43 bits per heavy atom. The average Bonchev–Trinajstić information content (AvgIpc) is 2.65. The third kappa shape index (κ3) is 2.59. The van der Waals surface area contributed by atoms with E-state index in [0.717, 1.165) is 25.9 Å². The molecule has 0 aliphatic carbocycles. The van der Waals surface area contributed by atoms with Crippen molar-refractivity contribution in [2.45, 2.75) is 26.7 Å². The third-order valence-electron chi connectivity index (χ3n) is 2.24. The number of allylic oxidation sites excluding steroid dienone is 1. The van der Waals surface area contributed by atoms with Crippen molar-refractivity contribution < 1.29 is 4.79 Å². The minimum atomic E-state index is -0.0984. The molecule has 0 radical (unpaired) electrons. The number of carbonyl (C=O) groups excluding carboxylic acids is 1. The van der Waals surface area contributed by atoms with E-state index < -0.39 is 0 Å². The highest BCUT2D eigenvalue weighted by molar-refractivity contribution is 5.97. The smallest absolute Gasteiger partial charge is 0.264 e. The maximum atomic E-state index is 11.7. The summed E-state index contributed by atoms with van der Waals surface area (Å²) in [5, 5.41) is 8.84. The second-order valence-corrected chi connectivity index (χ2v) is 3.94. The van der Waals surface area contributed by atoms with Crippen molar-refractivity contribution in [1.82, 2.24) is 4.90 Å². The average molecular weight is 192 g/mol. The summed E-state index contributed by atoms with van der Waals surface area (Å²) in [6.45, 7) is 5.54. The Bertz CT molecular complexity index is 280. The van der Waals surface area contributed by atoms with Crippen molar-refractivity contribution in [1.29, 1.82) is 5.26 Å². The molecule has 0 saturated carbocycles. The van der Waals surface area contributed by atoms with Gasteiger partial charge in [0.1, 0.15) is 11.6 Å². The van der Waals surface area contributed by atoms with Crippen LogP contribution < -0.4 is 0 Å². The highest BCUT2D eigenvalue weighted by Gasteiger charge is 2.21. The van der Waals surface area contributed by atoms with Gasteiger partial charge in [-0.05, 0) is 18.8 Å². The van der Waals surface area contributed by atoms with Crippen molar-refractivity contribution in [3.63, 3.8) is 0 Å². The van der Waals surface area contributed by atoms with E-state index in [1.54, 1.807) is 11.0 Å². The van der Waals surface area contributed by atoms with Gasteiger partial charge in [-0.1, -0.05) is 19.9 Å². The maximum absolute atomic E-state index is 11.7. The fourth-order valence-corrected chi connectivity index (χ4v) is 1.58. The number of hydrogen-bond acceptors (Lipinski definition) is 2. The number of nitrogens with zero attached hydrogens (tertiary/aromatic N) is 2. The topological polar surface area (TPSA) is 44.1 Å². The number of likely N-dealkylation sites (tertiary alicyclic amines) is 1. The van der Waals surface area contributed by atoms with Crippen LogP contribution >= 0.6 is 0 Å². The molecule has 14 heavy (non-hydrogen) atoms. The molecule has 1 saturated heterocycles. The molecule has 0 aromatic heterocycles. The molecule has 1 aliphatic rings. The van der Waals surface area contributed by atoms with Crippen LogP contribution in [-0.2, 0) is 4.79 Å². The van der Waals surface area contributed by atoms with Gasteiger partial charge in [-0.2, -0.15) is 5.26 Å². The molecule has 76 valence electrons. The quantitative estimate of drug-likeness (QED) is 0.494. The van der Waals surface area contributed by atoms with Crippen molar-refractivity contribution in [2.75, 3.05) is 13.1 Å². The van der Waals surface area contributed by atoms with Crippen LogP contribution in [0.4, 0.5) is 0 Å². The summed E-state index contributed by atoms with van der Waals surface area (Å²) in [7, 11) is 0. The van der Waals surface area contributed by atoms with Gasteiger partial charge < -0.3 is 4.90 Å². The zero-order chi connectivity index (χ0) is 10.6. The predicted molar refractivity (Wildman–Crippen MR) is 54.3 cm³/mol. The summed E-state index contributed by atoms with van der Waals surface area (Å²) < 4.78 is 0. The van der Waals surface area contributed by atoms with E-state index in [1.807, 2.05) is 19.9 Å². The molecule has 1 heterocycles. The first-order valence-corrected chi connectivity index (χ1v) is 5.06. The van der Waals surface area contributed by atoms with Crippen LogP contribution in [0.2, 0.25) is 0 Å². The first-order chi connectivity index (χ1) is 6.65. The molecule has 0 spiro atoms. The number of hydrogen-bond donors (Lipinski definition) is 0. The van der Waals surface area contributed by atoms with Crippen LogP contribution in [0.5, 0.6) is 0 Å². The number of nitriles is 1. The Hall–Kier alpha value is -1.30. The molecular weight excluding hydrogens is 176 g/mol. The van der Waals surface area contributed by atoms with E-state index in [1.165, 1.54) is 0 Å². The summed E-state index contributed by atoms with van der Waals surface area (Å²) in [5.41, 5.74) is 0.293. The summed E-state index contributed by atoms with van der Waals surface area (Å²) in [5.74, 6) is 0.148. The monoisotopic (exact) mass is 192 g/mol. The van der Waals surface area contributed by atoms with Crippen LogP contribution in [0.25, 0.3) is 0 Å². The van der Waals surface area contributed by atoms with Crippen molar-refractivity contribution in [3.05, 3.63) is 11.6 Å². The van der Waals surface area contributed by atoms with Crippen LogP contribution in [0.1, 0.15) is 26.7 Å². The van der Waals surface area contributed by atoms with Gasteiger partial charge in [0.05, 0.1) is 0 Å². The maximum Gasteiger partial charge on any atom is 0.264 e. The lowest BCUT2D eigenvalue weighted by molar-refractivity contribution is -0.125. The minimum Gasteiger partial charge on any atom is -0.338 e. The van der Waals surface area contributed by atoms with E-state index >= 15 is 0 Å². The van der Waals surface area contributed by atoms with Crippen molar-refractivity contribution >= 4 is 5.91 Å². The van der Waals surface area contributed by atoms with Crippen molar-refractivity contribution in [3.8, 4) is 6.07 Å². The molecular formula is C11H16N2O. The number of carbonyl (C=O) groups is 1. The summed E-state index contributed by atoms with van der Waals surface area (Å²) in [6, 6.07) is 1.98. The molecule has 3 heteroatoms. The molecule has 3 nitrogen and oxygen atoms in total. The van der Waals surface area contributed by atoms with Gasteiger partial charge in [-0.15, -0.1) is 0 Å². The van der Waals surface area contributed by atoms with E-state index in [4.69, 9.17) is 5.26 Å². The van der Waals surface area contributed by atoms with Gasteiger partial charge in [0.15, 0.2) is 0 Å². The van der Waals surface area contributed by atoms with Gasteiger partial charge in [-0.3, -0.25) is 4.79 Å². The van der Waals surface area contributed by atoms with Gasteiger partial charge in [0.2, 0.25) is 0 Å². The Kier molecular flexibility index (Phi) is 3.70. The summed E-state index contributed by atoms with van der Waals surface area (Å²) >= 11 is 0. The standard InChI is InChI=1S/C11H16N2O/c1-9(2)7-10(8-12)11(14)13-5-3-4-6-13/h7,9H,3-6H2,1-2H3/b10-7+. The zero-order valence-corrected chi connectivity index (χ0v) is 8.79. The van der Waals surface area contributed by atoms with Gasteiger partial charge in [-0.25, -0.2) is 0 Å². The summed E-state index contributed by atoms with van der Waals surface area (Å²) in [4.78, 5) is 13.5. The van der Waals surface area contributed by atoms with E-state index in [0.29, 0.717) is 5.57 Å². The fraction of sp³-hybridized carbons (Fsp3) is 0.636. The molecule has 0 bridgehead atoms. The van der Waals surface area contributed by atoms with E-state index in [9.17, 15) is 4.79 Å².